The van der Waals surface area contributed by atoms with Crippen LogP contribution in [0, 0.1) is 0 Å². The van der Waals surface area contributed by atoms with Crippen LogP contribution < -0.4 is 25.6 Å². The average Bonchev–Trinajstić information content (AvgIpc) is 2.81. The van der Waals surface area contributed by atoms with Crippen LogP contribution in [0.5, 0.6) is 5.75 Å². The minimum Gasteiger partial charge on any atom is -0.492 e. The van der Waals surface area contributed by atoms with Crippen LogP contribution in [-0.4, -0.2) is 79.5 Å². The molecule has 3 rings (SSSR count). The van der Waals surface area contributed by atoms with Crippen LogP contribution in [0.25, 0.3) is 0 Å². The molecule has 0 aliphatic carbocycles. The molecule has 0 bridgehead atoms. The lowest BCUT2D eigenvalue weighted by Crippen LogP contribution is -2.47. The molecule has 3 N–H and O–H groups in total. The summed E-state index contributed by atoms with van der Waals surface area (Å²) in [7, 11) is 0. The average molecular weight is 458 g/mol. The molecule has 1 saturated heterocycles. The zero-order valence-electron chi connectivity index (χ0n) is 19.0. The highest BCUT2D eigenvalue weighted by Gasteiger charge is 2.19. The van der Waals surface area contributed by atoms with Crippen LogP contribution >= 0.6 is 0 Å². The first-order chi connectivity index (χ1) is 16.1. The predicted octanol–water partition coefficient (Wildman–Crippen LogP) is 2.39. The van der Waals surface area contributed by atoms with Crippen molar-refractivity contribution in [1.29, 1.82) is 0 Å². The number of ether oxygens (including phenoxy) is 2. The third-order valence-electron chi connectivity index (χ3n) is 4.96. The van der Waals surface area contributed by atoms with E-state index in [9.17, 15) is 9.59 Å². The summed E-state index contributed by atoms with van der Waals surface area (Å²) in [5.74, 6) is 1.74. The Morgan fingerprint density at radius 2 is 1.85 bits per heavy atom. The smallest absolute Gasteiger partial charge is 0.411 e. The van der Waals surface area contributed by atoms with Gasteiger partial charge in [-0.3, -0.25) is 20.5 Å². The van der Waals surface area contributed by atoms with Gasteiger partial charge in [0.2, 0.25) is 0 Å². The Morgan fingerprint density at radius 1 is 1.06 bits per heavy atom. The normalized spacial score (nSPS) is 13.8. The predicted molar refractivity (Wildman–Crippen MR) is 126 cm³/mol. The van der Waals surface area contributed by atoms with Gasteiger partial charge in [0.25, 0.3) is 0 Å². The molecule has 1 fully saturated rings. The highest BCUT2D eigenvalue weighted by atomic mass is 16.5. The highest BCUT2D eigenvalue weighted by Crippen LogP contribution is 2.23. The molecule has 1 aliphatic heterocycles. The molecular weight excluding hydrogens is 426 g/mol. The molecule has 3 amide bonds. The van der Waals surface area contributed by atoms with Crippen molar-refractivity contribution in [3.05, 3.63) is 36.7 Å². The maximum Gasteiger partial charge on any atom is 0.411 e. The molecule has 11 heteroatoms. The monoisotopic (exact) mass is 457 g/mol. The molecule has 0 atom stereocenters. The number of hydrogen-bond donors (Lipinski definition) is 3. The summed E-state index contributed by atoms with van der Waals surface area (Å²) >= 11 is 0. The molecule has 2 aromatic rings. The fourth-order valence-corrected chi connectivity index (χ4v) is 3.35. The summed E-state index contributed by atoms with van der Waals surface area (Å²) in [5, 5.41) is 8.06. The summed E-state index contributed by atoms with van der Waals surface area (Å²) in [4.78, 5) is 36.8. The maximum atomic E-state index is 12.1. The van der Waals surface area contributed by atoms with Gasteiger partial charge in [0, 0.05) is 39.3 Å². The summed E-state index contributed by atoms with van der Waals surface area (Å²) in [5.41, 5.74) is 0.586. The Morgan fingerprint density at radius 3 is 2.61 bits per heavy atom. The molecule has 1 aromatic heterocycles. The third kappa shape index (κ3) is 7.49. The SMILES string of the molecule is CCNC(=O)Nc1cncc(N2CCN(CCOC(=O)Nc3ccccc3OCC)CC2)n1. The van der Waals surface area contributed by atoms with E-state index in [0.717, 1.165) is 26.2 Å². The van der Waals surface area contributed by atoms with Gasteiger partial charge < -0.3 is 19.7 Å². The van der Waals surface area contributed by atoms with Crippen LogP contribution in [0.15, 0.2) is 36.7 Å². The van der Waals surface area contributed by atoms with Gasteiger partial charge in [-0.25, -0.2) is 14.6 Å². The number of hydrogen-bond acceptors (Lipinski definition) is 8. The first-order valence-electron chi connectivity index (χ1n) is 11.1. The number of nitrogens with zero attached hydrogens (tertiary/aromatic N) is 4. The standard InChI is InChI=1S/C22H31N7O4/c1-3-24-21(30)27-19-15-23-16-20(26-19)29-11-9-28(10-12-29)13-14-33-22(31)25-17-7-5-6-8-18(17)32-4-2/h5-8,15-16H,3-4,9-14H2,1-2H3,(H,25,31)(H2,24,26,27,30). The van der Waals surface area contributed by atoms with E-state index in [1.165, 1.54) is 6.20 Å². The number of benzene rings is 1. The Hall–Kier alpha value is -3.60. The zero-order chi connectivity index (χ0) is 23.5. The minimum atomic E-state index is -0.507. The van der Waals surface area contributed by atoms with Crippen LogP contribution in [-0.2, 0) is 4.74 Å². The van der Waals surface area contributed by atoms with Gasteiger partial charge in [-0.05, 0) is 26.0 Å². The lowest BCUT2D eigenvalue weighted by atomic mass is 10.3. The number of rotatable bonds is 9. The van der Waals surface area contributed by atoms with Crippen molar-refractivity contribution in [2.24, 2.45) is 0 Å². The Balaban J connectivity index is 1.39. The highest BCUT2D eigenvalue weighted by molar-refractivity contribution is 5.88. The molecule has 0 saturated carbocycles. The van der Waals surface area contributed by atoms with E-state index < -0.39 is 6.09 Å². The van der Waals surface area contributed by atoms with E-state index in [1.807, 2.05) is 26.0 Å². The van der Waals surface area contributed by atoms with E-state index in [-0.39, 0.29) is 12.6 Å². The Labute approximate surface area is 193 Å². The molecule has 1 aromatic carbocycles. The van der Waals surface area contributed by atoms with E-state index in [4.69, 9.17) is 9.47 Å². The summed E-state index contributed by atoms with van der Waals surface area (Å²) in [6.07, 6.45) is 2.70. The molecule has 0 spiro atoms. The van der Waals surface area contributed by atoms with Crippen LogP contribution in [0.2, 0.25) is 0 Å². The summed E-state index contributed by atoms with van der Waals surface area (Å²) in [6.45, 7) is 8.82. The van der Waals surface area contributed by atoms with Gasteiger partial charge in [0.05, 0.1) is 24.7 Å². The molecule has 1 aliphatic rings. The quantitative estimate of drug-likeness (QED) is 0.525. The third-order valence-corrected chi connectivity index (χ3v) is 4.96. The van der Waals surface area contributed by atoms with Crippen molar-refractivity contribution in [2.75, 3.05) is 68.0 Å². The molecule has 0 radical (unpaired) electrons. The number of nitrogens with one attached hydrogen (secondary N) is 3. The Kier molecular flexibility index (Phi) is 9.07. The van der Waals surface area contributed by atoms with Crippen molar-refractivity contribution in [1.82, 2.24) is 20.2 Å². The van der Waals surface area contributed by atoms with Crippen molar-refractivity contribution < 1.29 is 19.1 Å². The van der Waals surface area contributed by atoms with Crippen molar-refractivity contribution in [3.8, 4) is 5.75 Å². The van der Waals surface area contributed by atoms with Crippen molar-refractivity contribution >= 4 is 29.4 Å². The lowest BCUT2D eigenvalue weighted by Gasteiger charge is -2.35. The van der Waals surface area contributed by atoms with Crippen molar-refractivity contribution in [3.63, 3.8) is 0 Å². The van der Waals surface area contributed by atoms with Crippen LogP contribution in [0.3, 0.4) is 0 Å². The van der Waals surface area contributed by atoms with E-state index in [0.29, 0.717) is 42.8 Å². The summed E-state index contributed by atoms with van der Waals surface area (Å²) in [6, 6.07) is 6.94. The molecule has 2 heterocycles. The topological polar surface area (TPSA) is 121 Å². The van der Waals surface area contributed by atoms with Crippen LogP contribution in [0.4, 0.5) is 26.9 Å². The number of carbonyl (C=O) groups excluding carboxylic acids is 2. The lowest BCUT2D eigenvalue weighted by molar-refractivity contribution is 0.137. The number of carbonyl (C=O) groups is 2. The van der Waals surface area contributed by atoms with Crippen LogP contribution in [0.1, 0.15) is 13.8 Å². The second-order valence-electron chi connectivity index (χ2n) is 7.27. The number of para-hydroxylation sites is 2. The number of anilines is 3. The van der Waals surface area contributed by atoms with Gasteiger partial charge in [-0.2, -0.15) is 0 Å². The largest absolute Gasteiger partial charge is 0.492 e. The second kappa shape index (κ2) is 12.4. The first kappa shape index (κ1) is 24.1. The van der Waals surface area contributed by atoms with Gasteiger partial charge in [-0.1, -0.05) is 12.1 Å². The molecular formula is C22H31N7O4. The molecule has 11 nitrogen and oxygen atoms in total. The van der Waals surface area contributed by atoms with Gasteiger partial charge in [0.15, 0.2) is 5.82 Å². The van der Waals surface area contributed by atoms with E-state index in [1.54, 1.807) is 18.3 Å². The second-order valence-corrected chi connectivity index (χ2v) is 7.27. The van der Waals surface area contributed by atoms with E-state index in [2.05, 4.69) is 35.7 Å². The number of aromatic nitrogens is 2. The molecule has 33 heavy (non-hydrogen) atoms. The van der Waals surface area contributed by atoms with Crippen molar-refractivity contribution in [2.45, 2.75) is 13.8 Å². The number of piperazine rings is 1. The van der Waals surface area contributed by atoms with Gasteiger partial charge in [0.1, 0.15) is 18.2 Å². The fourth-order valence-electron chi connectivity index (χ4n) is 3.35. The molecule has 178 valence electrons. The number of amides is 3. The maximum absolute atomic E-state index is 12.1. The molecule has 0 unspecified atom stereocenters. The first-order valence-corrected chi connectivity index (χ1v) is 11.1. The van der Waals surface area contributed by atoms with E-state index >= 15 is 0 Å². The Bertz CT molecular complexity index is 919. The summed E-state index contributed by atoms with van der Waals surface area (Å²) < 4.78 is 10.8. The zero-order valence-corrected chi connectivity index (χ0v) is 19.0. The minimum absolute atomic E-state index is 0.286. The van der Waals surface area contributed by atoms with Gasteiger partial charge >= 0.3 is 12.1 Å². The van der Waals surface area contributed by atoms with Gasteiger partial charge in [-0.15, -0.1) is 0 Å². The number of urea groups is 1. The fraction of sp³-hybridized carbons (Fsp3) is 0.455.